The standard InChI is InChI=1S/C32H46N6O5/c1-33-13-5-8-25-30(41)38-27(32(43)36-24-7-4-6-23(18-24)34-2)17-22-15-20(10-12-29(22)40)19-9-11-28(39)21(14-19)16-26(35-3)31(42)37-25/h9-12,14-15,23-27,33-35,39-40H,4-8,13,16-18H2,1-3H3,(H,36,43)(H,37,42)(H,38,41)/t23?,24?,25-,26-,27-/m0/s1. The van der Waals surface area contributed by atoms with E-state index in [2.05, 4.69) is 31.9 Å². The van der Waals surface area contributed by atoms with Crippen molar-refractivity contribution >= 4 is 17.7 Å². The Bertz CT molecular complexity index is 1290. The van der Waals surface area contributed by atoms with Gasteiger partial charge in [0.1, 0.15) is 23.6 Å². The average Bonchev–Trinajstić information content (AvgIpc) is 3.00. The first-order valence-corrected chi connectivity index (χ1v) is 15.3. The number of carbonyl (C=O) groups is 3. The van der Waals surface area contributed by atoms with Crippen LogP contribution < -0.4 is 31.9 Å². The first-order chi connectivity index (χ1) is 20.7. The molecular formula is C32H46N6O5. The fraction of sp³-hybridized carbons (Fsp3) is 0.531. The normalized spacial score (nSPS) is 24.7. The first kappa shape index (κ1) is 32.2. The highest BCUT2D eigenvalue weighted by molar-refractivity contribution is 5.93. The van der Waals surface area contributed by atoms with Crippen LogP contribution in [0.5, 0.6) is 11.5 Å². The predicted octanol–water partition coefficient (Wildman–Crippen LogP) is 1.07. The Hall–Kier alpha value is -3.67. The van der Waals surface area contributed by atoms with E-state index in [1.165, 1.54) is 0 Å². The van der Waals surface area contributed by atoms with Crippen LogP contribution in [0.4, 0.5) is 0 Å². The van der Waals surface area contributed by atoms with E-state index >= 15 is 0 Å². The van der Waals surface area contributed by atoms with Crippen molar-refractivity contribution in [3.8, 4) is 22.6 Å². The zero-order chi connectivity index (χ0) is 30.9. The third-order valence-electron chi connectivity index (χ3n) is 8.62. The summed E-state index contributed by atoms with van der Waals surface area (Å²) in [6, 6.07) is 8.01. The Morgan fingerprint density at radius 2 is 1.51 bits per heavy atom. The molecule has 234 valence electrons. The number of hydrogen-bond donors (Lipinski definition) is 8. The fourth-order valence-electron chi connectivity index (χ4n) is 6.01. The third-order valence-corrected chi connectivity index (χ3v) is 8.62. The topological polar surface area (TPSA) is 164 Å². The largest absolute Gasteiger partial charge is 0.508 e. The summed E-state index contributed by atoms with van der Waals surface area (Å²) >= 11 is 0. The minimum absolute atomic E-state index is 0.0150. The van der Waals surface area contributed by atoms with E-state index < -0.39 is 24.0 Å². The molecule has 4 rings (SSSR count). The van der Waals surface area contributed by atoms with Crippen LogP contribution in [0.25, 0.3) is 11.1 Å². The Morgan fingerprint density at radius 1 is 0.860 bits per heavy atom. The van der Waals surface area contributed by atoms with Crippen molar-refractivity contribution in [2.75, 3.05) is 27.7 Å². The molecule has 11 heteroatoms. The van der Waals surface area contributed by atoms with Crippen LogP contribution >= 0.6 is 0 Å². The Balaban J connectivity index is 1.72. The number of phenolic OH excluding ortho intramolecular Hbond substituents is 2. The number of fused-ring (bicyclic) bond motifs is 5. The lowest BCUT2D eigenvalue weighted by atomic mass is 9.90. The molecule has 4 bridgehead atoms. The molecule has 1 aliphatic heterocycles. The number of carbonyl (C=O) groups excluding carboxylic acids is 3. The number of phenols is 2. The Morgan fingerprint density at radius 3 is 2.14 bits per heavy atom. The first-order valence-electron chi connectivity index (χ1n) is 15.3. The summed E-state index contributed by atoms with van der Waals surface area (Å²) in [6.07, 6.45) is 4.90. The summed E-state index contributed by atoms with van der Waals surface area (Å²) < 4.78 is 0. The highest BCUT2D eigenvalue weighted by Gasteiger charge is 2.32. The van der Waals surface area contributed by atoms with Crippen molar-refractivity contribution in [2.45, 2.75) is 81.6 Å². The van der Waals surface area contributed by atoms with Gasteiger partial charge in [0.2, 0.25) is 17.7 Å². The van der Waals surface area contributed by atoms with E-state index in [1.807, 2.05) is 20.2 Å². The Kier molecular flexibility index (Phi) is 11.4. The molecule has 2 aliphatic rings. The minimum atomic E-state index is -0.979. The zero-order valence-corrected chi connectivity index (χ0v) is 25.3. The predicted molar refractivity (Wildman–Crippen MR) is 166 cm³/mol. The van der Waals surface area contributed by atoms with E-state index in [4.69, 9.17) is 0 Å². The third kappa shape index (κ3) is 8.46. The van der Waals surface area contributed by atoms with E-state index in [9.17, 15) is 24.6 Å². The van der Waals surface area contributed by atoms with Gasteiger partial charge >= 0.3 is 0 Å². The molecule has 1 saturated carbocycles. The zero-order valence-electron chi connectivity index (χ0n) is 25.3. The van der Waals surface area contributed by atoms with E-state index in [0.717, 1.165) is 36.8 Å². The molecule has 1 heterocycles. The summed E-state index contributed by atoms with van der Waals surface area (Å²) in [7, 11) is 5.40. The molecule has 5 atom stereocenters. The van der Waals surface area contributed by atoms with E-state index in [-0.39, 0.29) is 42.2 Å². The lowest BCUT2D eigenvalue weighted by Crippen LogP contribution is -2.58. The number of nitrogens with one attached hydrogen (secondary N) is 6. The van der Waals surface area contributed by atoms with E-state index in [1.54, 1.807) is 37.4 Å². The second-order valence-corrected chi connectivity index (χ2v) is 11.7. The molecule has 2 aromatic rings. The van der Waals surface area contributed by atoms with Crippen LogP contribution in [0.2, 0.25) is 0 Å². The van der Waals surface area contributed by atoms with Crippen molar-refractivity contribution in [1.29, 1.82) is 0 Å². The van der Waals surface area contributed by atoms with Gasteiger partial charge in [-0.2, -0.15) is 0 Å². The lowest BCUT2D eigenvalue weighted by molar-refractivity contribution is -0.133. The van der Waals surface area contributed by atoms with Crippen molar-refractivity contribution in [2.24, 2.45) is 0 Å². The molecule has 0 aromatic heterocycles. The smallest absolute Gasteiger partial charge is 0.243 e. The molecular weight excluding hydrogens is 548 g/mol. The van der Waals surface area contributed by atoms with Crippen molar-refractivity contribution < 1.29 is 24.6 Å². The average molecular weight is 595 g/mol. The van der Waals surface area contributed by atoms with Gasteiger partial charge in [0.15, 0.2) is 0 Å². The summed E-state index contributed by atoms with van der Waals surface area (Å²) in [5.41, 5.74) is 2.63. The van der Waals surface area contributed by atoms with Gasteiger partial charge in [0.25, 0.3) is 0 Å². The molecule has 1 aliphatic carbocycles. The second-order valence-electron chi connectivity index (χ2n) is 11.7. The molecule has 2 unspecified atom stereocenters. The van der Waals surface area contributed by atoms with Gasteiger partial charge < -0.3 is 42.1 Å². The molecule has 0 spiro atoms. The number of hydrogen-bond acceptors (Lipinski definition) is 8. The summed E-state index contributed by atoms with van der Waals surface area (Å²) in [4.78, 5) is 40.9. The molecule has 1 fully saturated rings. The highest BCUT2D eigenvalue weighted by atomic mass is 16.3. The van der Waals surface area contributed by atoms with Crippen LogP contribution in [0.3, 0.4) is 0 Å². The number of likely N-dealkylation sites (N-methyl/N-ethyl adjacent to an activating group) is 1. The van der Waals surface area contributed by atoms with Gasteiger partial charge in [0.05, 0.1) is 6.04 Å². The van der Waals surface area contributed by atoms with Crippen molar-refractivity contribution in [3.63, 3.8) is 0 Å². The van der Waals surface area contributed by atoms with Gasteiger partial charge in [0, 0.05) is 24.9 Å². The summed E-state index contributed by atoms with van der Waals surface area (Å²) in [6.45, 7) is 0.647. The maximum absolute atomic E-state index is 13.8. The van der Waals surface area contributed by atoms with Crippen LogP contribution in [0.1, 0.15) is 49.7 Å². The van der Waals surface area contributed by atoms with Gasteiger partial charge in [-0.3, -0.25) is 14.4 Å². The number of aromatic hydroxyl groups is 2. The minimum Gasteiger partial charge on any atom is -0.508 e. The molecule has 0 radical (unpaired) electrons. The molecule has 43 heavy (non-hydrogen) atoms. The summed E-state index contributed by atoms with van der Waals surface area (Å²) in [5, 5.41) is 39.7. The van der Waals surface area contributed by atoms with Crippen LogP contribution in [-0.2, 0) is 27.2 Å². The summed E-state index contributed by atoms with van der Waals surface area (Å²) in [5.74, 6) is -1.11. The van der Waals surface area contributed by atoms with Gasteiger partial charge in [-0.15, -0.1) is 0 Å². The second kappa shape index (κ2) is 15.2. The molecule has 0 saturated heterocycles. The van der Waals surface area contributed by atoms with Crippen molar-refractivity contribution in [3.05, 3.63) is 47.5 Å². The van der Waals surface area contributed by atoms with Crippen LogP contribution in [0.15, 0.2) is 36.4 Å². The quantitative estimate of drug-likeness (QED) is 0.210. The van der Waals surface area contributed by atoms with Crippen molar-refractivity contribution in [1.82, 2.24) is 31.9 Å². The van der Waals surface area contributed by atoms with Gasteiger partial charge in [-0.05, 0) is 113 Å². The number of benzene rings is 2. The fourth-order valence-corrected chi connectivity index (χ4v) is 6.01. The number of rotatable bonds is 8. The van der Waals surface area contributed by atoms with Crippen LogP contribution in [0, 0.1) is 0 Å². The lowest BCUT2D eigenvalue weighted by Gasteiger charge is -2.31. The van der Waals surface area contributed by atoms with Gasteiger partial charge in [-0.1, -0.05) is 12.1 Å². The molecule has 3 amide bonds. The molecule has 8 N–H and O–H groups in total. The van der Waals surface area contributed by atoms with E-state index in [0.29, 0.717) is 36.6 Å². The van der Waals surface area contributed by atoms with Crippen LogP contribution in [-0.4, -0.2) is 85.8 Å². The Labute approximate surface area is 253 Å². The molecule has 2 aromatic carbocycles. The maximum atomic E-state index is 13.8. The monoisotopic (exact) mass is 594 g/mol. The highest BCUT2D eigenvalue weighted by Crippen LogP contribution is 2.31. The molecule has 11 nitrogen and oxygen atoms in total. The number of amides is 3. The SMILES string of the molecule is CNCCC[C@@H]1NC(=O)[C@@H](NC)Cc2cc(ccc2O)-c2ccc(O)c(c2)C[C@@H](C(=O)NC2CCCC(NC)C2)NC1=O. The van der Waals surface area contributed by atoms with Gasteiger partial charge in [-0.25, -0.2) is 0 Å². The maximum Gasteiger partial charge on any atom is 0.243 e.